The number of hydrogen-bond acceptors (Lipinski definition) is 4. The van der Waals surface area contributed by atoms with E-state index >= 15 is 0 Å². The van der Waals surface area contributed by atoms with Gasteiger partial charge >= 0.3 is 0 Å². The number of benzene rings is 3. The summed E-state index contributed by atoms with van der Waals surface area (Å²) in [5.41, 5.74) is 1.60. The van der Waals surface area contributed by atoms with E-state index in [4.69, 9.17) is 32.7 Å². The lowest BCUT2D eigenvalue weighted by atomic mass is 9.94. The van der Waals surface area contributed by atoms with Crippen LogP contribution in [0.15, 0.2) is 72.8 Å². The van der Waals surface area contributed by atoms with Gasteiger partial charge in [-0.2, -0.15) is 0 Å². The number of methoxy groups -OCH3 is 1. The first kappa shape index (κ1) is 30.7. The summed E-state index contributed by atoms with van der Waals surface area (Å²) in [6.07, 6.45) is 6.37. The number of hydrogen-bond donors (Lipinski definition) is 1. The van der Waals surface area contributed by atoms with Crippen molar-refractivity contribution in [2.24, 2.45) is 0 Å². The van der Waals surface area contributed by atoms with Crippen LogP contribution in [0.5, 0.6) is 11.5 Å². The van der Waals surface area contributed by atoms with Crippen molar-refractivity contribution in [3.8, 4) is 11.5 Å². The molecule has 0 bridgehead atoms. The number of amides is 2. The maximum atomic E-state index is 13.9. The Balaban J connectivity index is 1.54. The highest BCUT2D eigenvalue weighted by Crippen LogP contribution is 2.28. The molecule has 1 N–H and O–H groups in total. The quantitative estimate of drug-likeness (QED) is 0.211. The zero-order valence-corrected chi connectivity index (χ0v) is 25.0. The summed E-state index contributed by atoms with van der Waals surface area (Å²) < 4.78 is 11.0. The van der Waals surface area contributed by atoms with Gasteiger partial charge in [0.1, 0.15) is 17.5 Å². The molecule has 0 radical (unpaired) electrons. The highest BCUT2D eigenvalue weighted by atomic mass is 35.5. The van der Waals surface area contributed by atoms with Gasteiger partial charge < -0.3 is 19.7 Å². The second kappa shape index (κ2) is 15.7. The zero-order chi connectivity index (χ0) is 29.0. The molecule has 3 aromatic carbocycles. The third-order valence-electron chi connectivity index (χ3n) is 7.48. The van der Waals surface area contributed by atoms with Crippen molar-refractivity contribution < 1.29 is 19.1 Å². The zero-order valence-electron chi connectivity index (χ0n) is 23.5. The van der Waals surface area contributed by atoms with Crippen LogP contribution in [0.2, 0.25) is 10.0 Å². The van der Waals surface area contributed by atoms with E-state index in [1.807, 2.05) is 54.6 Å². The molecule has 3 aromatic rings. The van der Waals surface area contributed by atoms with Crippen LogP contribution < -0.4 is 14.8 Å². The molecule has 0 saturated heterocycles. The van der Waals surface area contributed by atoms with Crippen molar-refractivity contribution in [3.63, 3.8) is 0 Å². The van der Waals surface area contributed by atoms with Crippen LogP contribution in [0.1, 0.15) is 56.1 Å². The number of carbonyl (C=O) groups excluding carboxylic acids is 2. The largest absolute Gasteiger partial charge is 0.497 e. The molecule has 0 spiro atoms. The number of halogens is 2. The SMILES string of the molecule is COc1ccc(OCCCC(=O)N(Cc2c(Cl)cccc2Cl)C(Cc2ccccc2)C(=O)NC2CCCCC2)cc1. The Kier molecular flexibility index (Phi) is 11.8. The average Bonchev–Trinajstić information content (AvgIpc) is 2.99. The molecule has 0 aliphatic heterocycles. The van der Waals surface area contributed by atoms with Crippen LogP contribution in [0.3, 0.4) is 0 Å². The van der Waals surface area contributed by atoms with Gasteiger partial charge in [-0.3, -0.25) is 9.59 Å². The van der Waals surface area contributed by atoms with E-state index in [-0.39, 0.29) is 30.8 Å². The third-order valence-corrected chi connectivity index (χ3v) is 8.18. The van der Waals surface area contributed by atoms with Crippen molar-refractivity contribution in [2.45, 2.75) is 70.0 Å². The number of ether oxygens (including phenoxy) is 2. The Labute approximate surface area is 252 Å². The lowest BCUT2D eigenvalue weighted by Crippen LogP contribution is -2.52. The lowest BCUT2D eigenvalue weighted by molar-refractivity contribution is -0.141. The van der Waals surface area contributed by atoms with Gasteiger partial charge in [0.2, 0.25) is 11.8 Å². The third kappa shape index (κ3) is 9.14. The first-order valence-corrected chi connectivity index (χ1v) is 15.0. The smallest absolute Gasteiger partial charge is 0.243 e. The van der Waals surface area contributed by atoms with Gasteiger partial charge in [0, 0.05) is 41.0 Å². The molecule has 8 heteroatoms. The molecule has 0 heterocycles. The first-order chi connectivity index (χ1) is 19.9. The second-order valence-corrected chi connectivity index (χ2v) is 11.2. The van der Waals surface area contributed by atoms with Gasteiger partial charge in [-0.25, -0.2) is 0 Å². The molecular formula is C33H38Cl2N2O4. The Bertz CT molecular complexity index is 1240. The van der Waals surface area contributed by atoms with Crippen molar-refractivity contribution in [1.82, 2.24) is 10.2 Å². The molecule has 1 unspecified atom stereocenters. The topological polar surface area (TPSA) is 67.9 Å². The summed E-state index contributed by atoms with van der Waals surface area (Å²) >= 11 is 13.1. The lowest BCUT2D eigenvalue weighted by Gasteiger charge is -2.34. The van der Waals surface area contributed by atoms with Crippen LogP contribution >= 0.6 is 23.2 Å². The minimum Gasteiger partial charge on any atom is -0.497 e. The van der Waals surface area contributed by atoms with E-state index in [9.17, 15) is 9.59 Å². The van der Waals surface area contributed by atoms with E-state index < -0.39 is 6.04 Å². The highest BCUT2D eigenvalue weighted by molar-refractivity contribution is 6.36. The van der Waals surface area contributed by atoms with Crippen molar-refractivity contribution in [3.05, 3.63) is 94.0 Å². The van der Waals surface area contributed by atoms with Gasteiger partial charge in [-0.05, 0) is 61.2 Å². The van der Waals surface area contributed by atoms with Crippen LogP contribution in [0, 0.1) is 0 Å². The summed E-state index contributed by atoms with van der Waals surface area (Å²) in [6, 6.07) is 21.8. The Morgan fingerprint density at radius 1 is 0.902 bits per heavy atom. The monoisotopic (exact) mass is 596 g/mol. The molecule has 41 heavy (non-hydrogen) atoms. The van der Waals surface area contributed by atoms with Crippen molar-refractivity contribution in [2.75, 3.05) is 13.7 Å². The fourth-order valence-electron chi connectivity index (χ4n) is 5.18. The van der Waals surface area contributed by atoms with Crippen LogP contribution in [0.4, 0.5) is 0 Å². The van der Waals surface area contributed by atoms with Gasteiger partial charge in [-0.15, -0.1) is 0 Å². The summed E-state index contributed by atoms with van der Waals surface area (Å²) in [6.45, 7) is 0.489. The maximum Gasteiger partial charge on any atom is 0.243 e. The summed E-state index contributed by atoms with van der Waals surface area (Å²) in [5, 5.41) is 4.18. The summed E-state index contributed by atoms with van der Waals surface area (Å²) in [4.78, 5) is 29.4. The van der Waals surface area contributed by atoms with E-state index in [1.165, 1.54) is 6.42 Å². The number of rotatable bonds is 13. The van der Waals surface area contributed by atoms with E-state index in [0.29, 0.717) is 40.8 Å². The predicted octanol–water partition coefficient (Wildman–Crippen LogP) is 7.25. The van der Waals surface area contributed by atoms with Crippen molar-refractivity contribution in [1.29, 1.82) is 0 Å². The van der Waals surface area contributed by atoms with Crippen LogP contribution in [-0.2, 0) is 22.6 Å². The van der Waals surface area contributed by atoms with Gasteiger partial charge in [0.15, 0.2) is 0 Å². The summed E-state index contributed by atoms with van der Waals surface area (Å²) in [7, 11) is 1.61. The fraction of sp³-hybridized carbons (Fsp3) is 0.394. The molecule has 0 aromatic heterocycles. The second-order valence-electron chi connectivity index (χ2n) is 10.4. The Morgan fingerprint density at radius 2 is 1.56 bits per heavy atom. The normalized spacial score (nSPS) is 14.2. The standard InChI is InChI=1S/C33H38Cl2N2O4/c1-40-26-17-19-27(20-18-26)41-21-9-16-32(38)37(23-28-29(34)14-8-15-30(28)35)31(22-24-10-4-2-5-11-24)33(39)36-25-12-6-3-7-13-25/h2,4-5,8,10-11,14-15,17-20,25,31H,3,6-7,9,12-13,16,21-23H2,1H3,(H,36,39). The number of nitrogens with zero attached hydrogens (tertiary/aromatic N) is 1. The molecular weight excluding hydrogens is 559 g/mol. The minimum absolute atomic E-state index is 0.119. The van der Waals surface area contributed by atoms with Crippen LogP contribution in [-0.4, -0.2) is 42.5 Å². The van der Waals surface area contributed by atoms with E-state index in [2.05, 4.69) is 5.32 Å². The number of carbonyl (C=O) groups is 2. The van der Waals surface area contributed by atoms with E-state index in [0.717, 1.165) is 37.0 Å². The minimum atomic E-state index is -0.721. The molecule has 1 saturated carbocycles. The molecule has 4 rings (SSSR count). The molecule has 218 valence electrons. The molecule has 1 fully saturated rings. The fourth-order valence-corrected chi connectivity index (χ4v) is 5.70. The van der Waals surface area contributed by atoms with Gasteiger partial charge in [-0.1, -0.05) is 78.9 Å². The Hall–Kier alpha value is -3.22. The Morgan fingerprint density at radius 3 is 2.22 bits per heavy atom. The number of nitrogens with one attached hydrogen (secondary N) is 1. The average molecular weight is 598 g/mol. The van der Waals surface area contributed by atoms with Crippen LogP contribution in [0.25, 0.3) is 0 Å². The molecule has 1 aliphatic rings. The molecule has 1 atom stereocenters. The van der Waals surface area contributed by atoms with Gasteiger partial charge in [0.25, 0.3) is 0 Å². The summed E-state index contributed by atoms with van der Waals surface area (Å²) in [5.74, 6) is 1.15. The predicted molar refractivity (Wildman–Crippen MR) is 164 cm³/mol. The van der Waals surface area contributed by atoms with E-state index in [1.54, 1.807) is 30.2 Å². The molecule has 6 nitrogen and oxygen atoms in total. The maximum absolute atomic E-state index is 13.9. The first-order valence-electron chi connectivity index (χ1n) is 14.3. The van der Waals surface area contributed by atoms with Crippen molar-refractivity contribution >= 4 is 35.0 Å². The van der Waals surface area contributed by atoms with Gasteiger partial charge in [0.05, 0.1) is 13.7 Å². The highest BCUT2D eigenvalue weighted by Gasteiger charge is 2.32. The molecule has 2 amide bonds. The molecule has 1 aliphatic carbocycles.